The number of nitrogens with zero attached hydrogens (tertiary/aromatic N) is 2. The van der Waals surface area contributed by atoms with Crippen LogP contribution in [0.1, 0.15) is 44.9 Å². The van der Waals surface area contributed by atoms with Crippen molar-refractivity contribution in [3.63, 3.8) is 0 Å². The maximum Gasteiger partial charge on any atom is 0.190 e. The third kappa shape index (κ3) is 9.84. The maximum atomic E-state index is 5.03. The van der Waals surface area contributed by atoms with Gasteiger partial charge in [-0.25, -0.2) is 0 Å². The molecule has 1 saturated carbocycles. The van der Waals surface area contributed by atoms with Crippen molar-refractivity contribution < 1.29 is 4.74 Å². The zero-order valence-electron chi connectivity index (χ0n) is 14.6. The third-order valence-electron chi connectivity index (χ3n) is 4.22. The van der Waals surface area contributed by atoms with Crippen molar-refractivity contribution in [2.75, 3.05) is 47.4 Å². The second kappa shape index (κ2) is 14.5. The maximum absolute atomic E-state index is 5.03. The van der Waals surface area contributed by atoms with E-state index in [1.54, 1.807) is 7.11 Å². The number of halogens is 1. The summed E-state index contributed by atoms with van der Waals surface area (Å²) in [6, 6.07) is 0.810. The van der Waals surface area contributed by atoms with Gasteiger partial charge in [-0.2, -0.15) is 0 Å². The molecule has 1 aliphatic rings. The summed E-state index contributed by atoms with van der Waals surface area (Å²) in [5.41, 5.74) is 0. The first-order valence-corrected chi connectivity index (χ1v) is 8.41. The lowest BCUT2D eigenvalue weighted by Gasteiger charge is -2.31. The fourth-order valence-electron chi connectivity index (χ4n) is 2.88. The van der Waals surface area contributed by atoms with E-state index in [2.05, 4.69) is 27.6 Å². The van der Waals surface area contributed by atoms with Crippen LogP contribution in [0.25, 0.3) is 0 Å². The third-order valence-corrected chi connectivity index (χ3v) is 4.22. The quantitative estimate of drug-likeness (QED) is 0.258. The van der Waals surface area contributed by atoms with E-state index >= 15 is 0 Å². The normalized spacial score (nSPS) is 16.5. The fourth-order valence-corrected chi connectivity index (χ4v) is 2.88. The molecule has 5 nitrogen and oxygen atoms in total. The predicted molar refractivity (Wildman–Crippen MR) is 105 cm³/mol. The van der Waals surface area contributed by atoms with E-state index in [0.29, 0.717) is 0 Å². The second-order valence-corrected chi connectivity index (χ2v) is 5.90. The van der Waals surface area contributed by atoms with Crippen molar-refractivity contribution in [2.45, 2.75) is 51.0 Å². The highest BCUT2D eigenvalue weighted by Gasteiger charge is 2.17. The Labute approximate surface area is 153 Å². The number of guanidine groups is 1. The van der Waals surface area contributed by atoms with Crippen LogP contribution < -0.4 is 10.6 Å². The van der Waals surface area contributed by atoms with Gasteiger partial charge in [0.25, 0.3) is 0 Å². The molecule has 1 rings (SSSR count). The molecule has 1 fully saturated rings. The van der Waals surface area contributed by atoms with Crippen molar-refractivity contribution >= 4 is 29.9 Å². The average Bonchev–Trinajstić information content (AvgIpc) is 2.54. The number of ether oxygens (including phenoxy) is 1. The summed E-state index contributed by atoms with van der Waals surface area (Å²) < 4.78 is 5.03. The Bertz CT molecular complexity index is 283. The molecule has 0 aliphatic heterocycles. The van der Waals surface area contributed by atoms with Crippen LogP contribution >= 0.6 is 24.0 Å². The molecule has 1 aliphatic carbocycles. The molecular formula is C16H35IN4O. The van der Waals surface area contributed by atoms with Gasteiger partial charge < -0.3 is 20.3 Å². The first kappa shape index (κ1) is 21.9. The molecule has 132 valence electrons. The SMILES string of the molecule is CN=C(NCCCOC)NCCCN(C)C1CCCCC1.I. The number of nitrogens with one attached hydrogen (secondary N) is 2. The highest BCUT2D eigenvalue weighted by atomic mass is 127. The molecular weight excluding hydrogens is 391 g/mol. The molecule has 6 heteroatoms. The minimum Gasteiger partial charge on any atom is -0.385 e. The van der Waals surface area contributed by atoms with E-state index in [0.717, 1.165) is 44.5 Å². The van der Waals surface area contributed by atoms with Crippen molar-refractivity contribution in [1.29, 1.82) is 0 Å². The zero-order valence-corrected chi connectivity index (χ0v) is 16.9. The van der Waals surface area contributed by atoms with Gasteiger partial charge >= 0.3 is 0 Å². The molecule has 0 aromatic carbocycles. The Morgan fingerprint density at radius 2 is 1.77 bits per heavy atom. The van der Waals surface area contributed by atoms with Crippen LogP contribution in [-0.2, 0) is 4.74 Å². The van der Waals surface area contributed by atoms with Crippen LogP contribution in [-0.4, -0.2) is 64.3 Å². The number of aliphatic imine (C=N–C) groups is 1. The van der Waals surface area contributed by atoms with Gasteiger partial charge in [-0.1, -0.05) is 19.3 Å². The minimum atomic E-state index is 0. The molecule has 0 atom stereocenters. The van der Waals surface area contributed by atoms with Crippen LogP contribution in [0.2, 0.25) is 0 Å². The van der Waals surface area contributed by atoms with E-state index in [1.807, 2.05) is 7.05 Å². The molecule has 0 spiro atoms. The van der Waals surface area contributed by atoms with Gasteiger partial charge in [-0.15, -0.1) is 24.0 Å². The second-order valence-electron chi connectivity index (χ2n) is 5.90. The van der Waals surface area contributed by atoms with Crippen LogP contribution in [0.4, 0.5) is 0 Å². The highest BCUT2D eigenvalue weighted by molar-refractivity contribution is 14.0. The monoisotopic (exact) mass is 426 g/mol. The highest BCUT2D eigenvalue weighted by Crippen LogP contribution is 2.21. The van der Waals surface area contributed by atoms with Crippen LogP contribution in [0.3, 0.4) is 0 Å². The lowest BCUT2D eigenvalue weighted by atomic mass is 9.94. The van der Waals surface area contributed by atoms with Crippen LogP contribution in [0.5, 0.6) is 0 Å². The molecule has 0 amide bonds. The zero-order chi connectivity index (χ0) is 15.3. The molecule has 0 heterocycles. The fraction of sp³-hybridized carbons (Fsp3) is 0.938. The summed E-state index contributed by atoms with van der Waals surface area (Å²) in [4.78, 5) is 6.77. The van der Waals surface area contributed by atoms with Crippen molar-refractivity contribution in [2.24, 2.45) is 4.99 Å². The lowest BCUT2D eigenvalue weighted by Crippen LogP contribution is -2.40. The van der Waals surface area contributed by atoms with E-state index in [4.69, 9.17) is 4.74 Å². The predicted octanol–water partition coefficient (Wildman–Crippen LogP) is 2.46. The Kier molecular flexibility index (Phi) is 14.5. The summed E-state index contributed by atoms with van der Waals surface area (Å²) in [5.74, 6) is 0.895. The Morgan fingerprint density at radius 3 is 2.36 bits per heavy atom. The van der Waals surface area contributed by atoms with Gasteiger partial charge in [-0.05, 0) is 39.3 Å². The summed E-state index contributed by atoms with van der Waals surface area (Å²) in [7, 11) is 5.82. The summed E-state index contributed by atoms with van der Waals surface area (Å²) in [6.45, 7) is 3.82. The Hall–Kier alpha value is -0.0800. The number of methoxy groups -OCH3 is 1. The van der Waals surface area contributed by atoms with Gasteiger partial charge in [0.05, 0.1) is 0 Å². The number of hydrogen-bond acceptors (Lipinski definition) is 3. The molecule has 0 aromatic heterocycles. The van der Waals surface area contributed by atoms with Gasteiger partial charge in [0, 0.05) is 39.9 Å². The first-order valence-electron chi connectivity index (χ1n) is 8.41. The molecule has 0 aromatic rings. The summed E-state index contributed by atoms with van der Waals surface area (Å²) in [6.07, 6.45) is 9.17. The number of rotatable bonds is 9. The topological polar surface area (TPSA) is 48.9 Å². The van der Waals surface area contributed by atoms with Gasteiger partial charge in [-0.3, -0.25) is 4.99 Å². The van der Waals surface area contributed by atoms with Crippen LogP contribution in [0, 0.1) is 0 Å². The average molecular weight is 426 g/mol. The minimum absolute atomic E-state index is 0. The van der Waals surface area contributed by atoms with E-state index in [9.17, 15) is 0 Å². The Balaban J connectivity index is 0.00000441. The molecule has 22 heavy (non-hydrogen) atoms. The van der Waals surface area contributed by atoms with E-state index in [1.165, 1.54) is 38.6 Å². The molecule has 2 N–H and O–H groups in total. The van der Waals surface area contributed by atoms with Gasteiger partial charge in [0.15, 0.2) is 5.96 Å². The van der Waals surface area contributed by atoms with Crippen molar-refractivity contribution in [3.8, 4) is 0 Å². The lowest BCUT2D eigenvalue weighted by molar-refractivity contribution is 0.190. The smallest absolute Gasteiger partial charge is 0.190 e. The van der Waals surface area contributed by atoms with Crippen molar-refractivity contribution in [1.82, 2.24) is 15.5 Å². The van der Waals surface area contributed by atoms with Crippen molar-refractivity contribution in [3.05, 3.63) is 0 Å². The molecule has 0 bridgehead atoms. The first-order chi connectivity index (χ1) is 10.3. The molecule has 0 unspecified atom stereocenters. The van der Waals surface area contributed by atoms with Gasteiger partial charge in [0.2, 0.25) is 0 Å². The summed E-state index contributed by atoms with van der Waals surface area (Å²) in [5, 5.41) is 6.68. The Morgan fingerprint density at radius 1 is 1.14 bits per heavy atom. The van der Waals surface area contributed by atoms with Gasteiger partial charge in [0.1, 0.15) is 0 Å². The number of hydrogen-bond donors (Lipinski definition) is 2. The molecule has 0 saturated heterocycles. The van der Waals surface area contributed by atoms with E-state index in [-0.39, 0.29) is 24.0 Å². The largest absolute Gasteiger partial charge is 0.385 e. The summed E-state index contributed by atoms with van der Waals surface area (Å²) >= 11 is 0. The van der Waals surface area contributed by atoms with E-state index < -0.39 is 0 Å². The molecule has 0 radical (unpaired) electrons. The standard InChI is InChI=1S/C16H34N4O.HI/c1-17-16(19-12-8-14-21-3)18-11-7-13-20(2)15-9-5-4-6-10-15;/h15H,4-14H2,1-3H3,(H2,17,18,19);1H. The van der Waals surface area contributed by atoms with Crippen LogP contribution in [0.15, 0.2) is 4.99 Å².